The van der Waals surface area contributed by atoms with Gasteiger partial charge in [-0.05, 0) is 24.6 Å². The van der Waals surface area contributed by atoms with E-state index in [9.17, 15) is 18.6 Å². The minimum atomic E-state index is -1.42. The van der Waals surface area contributed by atoms with E-state index in [-0.39, 0.29) is 18.1 Å². The van der Waals surface area contributed by atoms with Crippen molar-refractivity contribution in [2.24, 2.45) is 0 Å². The van der Waals surface area contributed by atoms with Gasteiger partial charge in [0.25, 0.3) is 11.8 Å². The molecule has 3 atom stereocenters. The molecule has 1 N–H and O–H groups in total. The Morgan fingerprint density at radius 1 is 1.31 bits per heavy atom. The van der Waals surface area contributed by atoms with Crippen LogP contribution in [0.2, 0.25) is 0 Å². The van der Waals surface area contributed by atoms with E-state index >= 15 is 0 Å². The largest absolute Gasteiger partial charge is 0.484 e. The highest BCUT2D eigenvalue weighted by atomic mass is 32.2. The highest BCUT2D eigenvalue weighted by molar-refractivity contribution is 7.86. The standard InChI is InChI=1S/C17H18N2O6S/c1-10-9-26(23)16-13(15(21)19(16)14(10)17(22)24-2)18-12(20)8-25-11-6-4-3-5-7-11/h3-7,13,16H,8-9H2,1-2H3,(H,18,20). The molecule has 8 nitrogen and oxygen atoms in total. The molecule has 2 aliphatic heterocycles. The smallest absolute Gasteiger partial charge is 0.354 e. The van der Waals surface area contributed by atoms with Crippen molar-refractivity contribution < 1.29 is 28.1 Å². The van der Waals surface area contributed by atoms with Crippen LogP contribution in [0.15, 0.2) is 41.6 Å². The van der Waals surface area contributed by atoms with Crippen LogP contribution in [-0.2, 0) is 29.9 Å². The van der Waals surface area contributed by atoms with Gasteiger partial charge >= 0.3 is 5.97 Å². The minimum absolute atomic E-state index is 0.105. The Morgan fingerprint density at radius 2 is 2.00 bits per heavy atom. The molecule has 3 rings (SSSR count). The number of hydrogen-bond donors (Lipinski definition) is 1. The SMILES string of the molecule is COC(=O)C1=C(C)CS(=O)C2C(NC(=O)COc3ccccc3)C(=O)N12. The number of ether oxygens (including phenoxy) is 2. The third-order valence-electron chi connectivity index (χ3n) is 4.12. The van der Waals surface area contributed by atoms with Crippen LogP contribution in [-0.4, -0.2) is 57.8 Å². The van der Waals surface area contributed by atoms with Crippen molar-refractivity contribution in [3.8, 4) is 5.75 Å². The van der Waals surface area contributed by atoms with Gasteiger partial charge < -0.3 is 14.8 Å². The van der Waals surface area contributed by atoms with Crippen LogP contribution < -0.4 is 10.1 Å². The first-order valence-electron chi connectivity index (χ1n) is 7.89. The fraction of sp³-hybridized carbons (Fsp3) is 0.353. The molecule has 9 heteroatoms. The first-order valence-corrected chi connectivity index (χ1v) is 9.27. The van der Waals surface area contributed by atoms with Crippen molar-refractivity contribution >= 4 is 28.6 Å². The zero-order chi connectivity index (χ0) is 18.8. The molecule has 26 heavy (non-hydrogen) atoms. The molecule has 2 aliphatic rings. The zero-order valence-corrected chi connectivity index (χ0v) is 15.1. The molecular weight excluding hydrogens is 360 g/mol. The van der Waals surface area contributed by atoms with Crippen LogP contribution in [0.5, 0.6) is 5.75 Å². The van der Waals surface area contributed by atoms with Crippen LogP contribution in [0.4, 0.5) is 0 Å². The number of carbonyl (C=O) groups is 3. The molecule has 1 saturated heterocycles. The molecule has 0 saturated carbocycles. The zero-order valence-electron chi connectivity index (χ0n) is 14.3. The van der Waals surface area contributed by atoms with E-state index in [4.69, 9.17) is 9.47 Å². The summed E-state index contributed by atoms with van der Waals surface area (Å²) in [5.41, 5.74) is 0.630. The summed E-state index contributed by atoms with van der Waals surface area (Å²) >= 11 is 0. The molecule has 1 aromatic carbocycles. The predicted molar refractivity (Wildman–Crippen MR) is 92.2 cm³/mol. The summed E-state index contributed by atoms with van der Waals surface area (Å²) in [5, 5.41) is 1.76. The Kier molecular flexibility index (Phi) is 5.08. The first-order chi connectivity index (χ1) is 12.4. The topological polar surface area (TPSA) is 102 Å². The van der Waals surface area contributed by atoms with E-state index in [1.165, 1.54) is 7.11 Å². The van der Waals surface area contributed by atoms with E-state index < -0.39 is 40.0 Å². The maximum absolute atomic E-state index is 12.4. The van der Waals surface area contributed by atoms with Gasteiger partial charge in [-0.15, -0.1) is 0 Å². The van der Waals surface area contributed by atoms with Crippen LogP contribution in [0.3, 0.4) is 0 Å². The number of amides is 2. The molecule has 2 amide bonds. The van der Waals surface area contributed by atoms with Gasteiger partial charge in [0, 0.05) is 5.75 Å². The van der Waals surface area contributed by atoms with Gasteiger partial charge in [0.05, 0.1) is 17.9 Å². The van der Waals surface area contributed by atoms with Crippen molar-refractivity contribution in [3.63, 3.8) is 0 Å². The molecule has 2 heterocycles. The number of hydrogen-bond acceptors (Lipinski definition) is 6. The highest BCUT2D eigenvalue weighted by Gasteiger charge is 2.56. The number of esters is 1. The lowest BCUT2D eigenvalue weighted by Gasteiger charge is -2.49. The summed E-state index contributed by atoms with van der Waals surface area (Å²) in [4.78, 5) is 37.6. The second-order valence-corrected chi connectivity index (χ2v) is 7.42. The van der Waals surface area contributed by atoms with Crippen molar-refractivity contribution in [2.75, 3.05) is 19.5 Å². The van der Waals surface area contributed by atoms with E-state index in [0.717, 1.165) is 4.90 Å². The molecule has 0 aliphatic carbocycles. The molecule has 1 fully saturated rings. The molecule has 0 spiro atoms. The van der Waals surface area contributed by atoms with E-state index in [1.54, 1.807) is 31.2 Å². The van der Waals surface area contributed by atoms with Gasteiger partial charge in [0.2, 0.25) is 0 Å². The summed E-state index contributed by atoms with van der Waals surface area (Å²) in [7, 11) is -0.205. The van der Waals surface area contributed by atoms with Gasteiger partial charge in [0.1, 0.15) is 22.9 Å². The summed E-state index contributed by atoms with van der Waals surface area (Å²) in [5.74, 6) is -0.983. The number of fused-ring (bicyclic) bond motifs is 1. The van der Waals surface area contributed by atoms with Crippen LogP contribution in [0.25, 0.3) is 0 Å². The Hall–Kier alpha value is -2.68. The minimum Gasteiger partial charge on any atom is -0.484 e. The average Bonchev–Trinajstić information content (AvgIpc) is 2.64. The van der Waals surface area contributed by atoms with Gasteiger partial charge in [0.15, 0.2) is 6.61 Å². The normalized spacial score (nSPS) is 24.5. The Bertz CT molecular complexity index is 807. The lowest BCUT2D eigenvalue weighted by atomic mass is 10.0. The number of carbonyl (C=O) groups excluding carboxylic acids is 3. The Balaban J connectivity index is 1.66. The average molecular weight is 378 g/mol. The van der Waals surface area contributed by atoms with Crippen LogP contribution in [0.1, 0.15) is 6.92 Å². The molecule has 0 bridgehead atoms. The number of methoxy groups -OCH3 is 1. The predicted octanol–water partition coefficient (Wildman–Crippen LogP) is -0.0722. The quantitative estimate of drug-likeness (QED) is 0.568. The van der Waals surface area contributed by atoms with Gasteiger partial charge in [-0.25, -0.2) is 4.79 Å². The fourth-order valence-electron chi connectivity index (χ4n) is 2.93. The fourth-order valence-corrected chi connectivity index (χ4v) is 4.59. The summed E-state index contributed by atoms with van der Waals surface area (Å²) in [6, 6.07) is 7.83. The summed E-state index contributed by atoms with van der Waals surface area (Å²) in [6.45, 7) is 1.36. The lowest BCUT2D eigenvalue weighted by Crippen LogP contribution is -2.73. The monoisotopic (exact) mass is 378 g/mol. The Labute approximate surface area is 152 Å². The maximum Gasteiger partial charge on any atom is 0.354 e. The van der Waals surface area contributed by atoms with Crippen molar-refractivity contribution in [3.05, 3.63) is 41.6 Å². The van der Waals surface area contributed by atoms with Gasteiger partial charge in [-0.1, -0.05) is 18.2 Å². The molecule has 0 radical (unpaired) electrons. The second-order valence-electron chi connectivity index (χ2n) is 5.89. The van der Waals surface area contributed by atoms with E-state index in [0.29, 0.717) is 11.3 Å². The van der Waals surface area contributed by atoms with Crippen molar-refractivity contribution in [2.45, 2.75) is 18.3 Å². The van der Waals surface area contributed by atoms with E-state index in [2.05, 4.69) is 5.32 Å². The van der Waals surface area contributed by atoms with Crippen molar-refractivity contribution in [1.29, 1.82) is 0 Å². The second kappa shape index (κ2) is 7.28. The molecule has 1 aromatic rings. The molecule has 138 valence electrons. The molecule has 0 aromatic heterocycles. The molecule has 3 unspecified atom stereocenters. The van der Waals surface area contributed by atoms with Gasteiger partial charge in [-0.3, -0.25) is 18.7 Å². The van der Waals surface area contributed by atoms with Crippen molar-refractivity contribution in [1.82, 2.24) is 10.2 Å². The molecular formula is C17H18N2O6S. The summed E-state index contributed by atoms with van der Waals surface area (Å²) < 4.78 is 22.4. The summed E-state index contributed by atoms with van der Waals surface area (Å²) in [6.07, 6.45) is 0. The Morgan fingerprint density at radius 3 is 2.65 bits per heavy atom. The lowest BCUT2D eigenvalue weighted by molar-refractivity contribution is -0.152. The third-order valence-corrected chi connectivity index (χ3v) is 5.86. The van der Waals surface area contributed by atoms with Crippen LogP contribution in [0, 0.1) is 0 Å². The third kappa shape index (κ3) is 3.22. The highest BCUT2D eigenvalue weighted by Crippen LogP contribution is 2.35. The number of para-hydroxylation sites is 1. The van der Waals surface area contributed by atoms with Crippen LogP contribution >= 0.6 is 0 Å². The first kappa shape index (κ1) is 18.1. The number of benzene rings is 1. The number of β-lactam (4-membered cyclic amide) rings is 1. The number of rotatable bonds is 5. The maximum atomic E-state index is 12.4. The van der Waals surface area contributed by atoms with E-state index in [1.807, 2.05) is 6.07 Å². The number of nitrogens with one attached hydrogen (secondary N) is 1. The van der Waals surface area contributed by atoms with Gasteiger partial charge in [-0.2, -0.15) is 0 Å². The number of nitrogens with zero attached hydrogens (tertiary/aromatic N) is 1.